The Hall–Kier alpha value is -2.77. The second-order valence-electron chi connectivity index (χ2n) is 3.47. The Morgan fingerprint density at radius 1 is 1.58 bits per heavy atom. The molecule has 0 fully saturated rings. The van der Waals surface area contributed by atoms with Crippen LogP contribution in [-0.2, 0) is 9.53 Å². The number of rotatable bonds is 5. The zero-order valence-corrected chi connectivity index (χ0v) is 10.4. The van der Waals surface area contributed by atoms with E-state index in [9.17, 15) is 4.79 Å². The normalized spacial score (nSPS) is 10.2. The van der Waals surface area contributed by atoms with E-state index in [0.29, 0.717) is 11.3 Å². The molecule has 1 aromatic carbocycles. The average molecular weight is 256 g/mol. The van der Waals surface area contributed by atoms with Crippen molar-refractivity contribution in [2.45, 2.75) is 13.3 Å². The first-order valence-corrected chi connectivity index (χ1v) is 5.61. The minimum atomic E-state index is -0.542. The quantitative estimate of drug-likeness (QED) is 0.265. The largest absolute Gasteiger partial charge is 0.463 e. The van der Waals surface area contributed by atoms with Gasteiger partial charge in [-0.15, -0.1) is 0 Å². The molecule has 1 aromatic rings. The summed E-state index contributed by atoms with van der Waals surface area (Å²) in [5.74, 6) is -0.542. The summed E-state index contributed by atoms with van der Waals surface area (Å²) in [6.45, 7) is 1.93. The Bertz CT molecular complexity index is 581. The predicted octanol–water partition coefficient (Wildman–Crippen LogP) is 3.49. The predicted molar refractivity (Wildman–Crippen MR) is 70.1 cm³/mol. The molecule has 0 bridgehead atoms. The summed E-state index contributed by atoms with van der Waals surface area (Å²) in [5.41, 5.74) is 9.66. The fourth-order valence-electron chi connectivity index (χ4n) is 1.43. The number of esters is 1. The number of azide groups is 1. The third-order valence-corrected chi connectivity index (χ3v) is 2.23. The van der Waals surface area contributed by atoms with Crippen LogP contribution >= 0.6 is 0 Å². The molecular weight excluding hydrogens is 244 g/mol. The molecule has 96 valence electrons. The maximum atomic E-state index is 11.7. The molecule has 0 saturated carbocycles. The van der Waals surface area contributed by atoms with Gasteiger partial charge in [-0.2, -0.15) is 5.26 Å². The van der Waals surface area contributed by atoms with E-state index in [2.05, 4.69) is 10.0 Å². The van der Waals surface area contributed by atoms with Crippen LogP contribution in [0.15, 0.2) is 35.0 Å². The first-order chi connectivity index (χ1) is 9.22. The van der Waals surface area contributed by atoms with Crippen LogP contribution in [-0.4, -0.2) is 12.6 Å². The SMILES string of the molecule is CCOC(=O)/C(=C/c1ccccc1N=[N+]=[N-])CC#N. The lowest BCUT2D eigenvalue weighted by Crippen LogP contribution is -2.07. The van der Waals surface area contributed by atoms with Crippen molar-refractivity contribution in [2.75, 3.05) is 6.61 Å². The first kappa shape index (κ1) is 14.3. The zero-order valence-electron chi connectivity index (χ0n) is 10.4. The smallest absolute Gasteiger partial charge is 0.335 e. The molecule has 0 radical (unpaired) electrons. The number of hydrogen-bond acceptors (Lipinski definition) is 4. The van der Waals surface area contributed by atoms with Gasteiger partial charge in [-0.25, -0.2) is 4.79 Å². The average Bonchev–Trinajstić information content (AvgIpc) is 2.41. The maximum absolute atomic E-state index is 11.7. The van der Waals surface area contributed by atoms with Crippen molar-refractivity contribution >= 4 is 17.7 Å². The monoisotopic (exact) mass is 256 g/mol. The van der Waals surface area contributed by atoms with Crippen LogP contribution in [0.2, 0.25) is 0 Å². The number of carbonyl (C=O) groups is 1. The standard InChI is InChI=1S/C13H12N4O2/c1-2-19-13(18)11(7-8-14)9-10-5-3-4-6-12(10)16-17-15/h3-6,9H,2,7H2,1H3/b11-9+. The molecule has 6 nitrogen and oxygen atoms in total. The Morgan fingerprint density at radius 2 is 2.32 bits per heavy atom. The van der Waals surface area contributed by atoms with Gasteiger partial charge in [-0.3, -0.25) is 0 Å². The van der Waals surface area contributed by atoms with E-state index in [-0.39, 0.29) is 18.6 Å². The fraction of sp³-hybridized carbons (Fsp3) is 0.231. The van der Waals surface area contributed by atoms with E-state index < -0.39 is 5.97 Å². The lowest BCUT2D eigenvalue weighted by molar-refractivity contribution is -0.138. The minimum absolute atomic E-state index is 0.0660. The molecule has 0 aromatic heterocycles. The van der Waals surface area contributed by atoms with E-state index in [1.165, 1.54) is 6.08 Å². The van der Waals surface area contributed by atoms with Gasteiger partial charge in [0.2, 0.25) is 0 Å². The highest BCUT2D eigenvalue weighted by molar-refractivity contribution is 5.94. The summed E-state index contributed by atoms with van der Waals surface area (Å²) >= 11 is 0. The van der Waals surface area contributed by atoms with Crippen molar-refractivity contribution in [3.05, 3.63) is 45.8 Å². The molecule has 0 aliphatic carbocycles. The fourth-order valence-corrected chi connectivity index (χ4v) is 1.43. The van der Waals surface area contributed by atoms with E-state index in [1.807, 2.05) is 6.07 Å². The van der Waals surface area contributed by atoms with Crippen molar-refractivity contribution in [3.8, 4) is 6.07 Å². The summed E-state index contributed by atoms with van der Waals surface area (Å²) in [7, 11) is 0. The van der Waals surface area contributed by atoms with Crippen molar-refractivity contribution in [1.29, 1.82) is 5.26 Å². The number of hydrogen-bond donors (Lipinski definition) is 0. The van der Waals surface area contributed by atoms with Crippen LogP contribution in [0, 0.1) is 11.3 Å². The molecule has 0 unspecified atom stereocenters. The van der Waals surface area contributed by atoms with Crippen molar-refractivity contribution in [3.63, 3.8) is 0 Å². The lowest BCUT2D eigenvalue weighted by Gasteiger charge is -2.05. The van der Waals surface area contributed by atoms with E-state index in [1.54, 1.807) is 31.2 Å². The molecule has 0 atom stereocenters. The molecule has 0 spiro atoms. The van der Waals surface area contributed by atoms with Gasteiger partial charge in [-0.1, -0.05) is 29.4 Å². The second kappa shape index (κ2) is 7.54. The molecular formula is C13H12N4O2. The Kier molecular flexibility index (Phi) is 5.67. The van der Waals surface area contributed by atoms with Crippen molar-refractivity contribution < 1.29 is 9.53 Å². The van der Waals surface area contributed by atoms with Gasteiger partial charge >= 0.3 is 5.97 Å². The molecule has 0 aliphatic rings. The summed E-state index contributed by atoms with van der Waals surface area (Å²) < 4.78 is 4.87. The van der Waals surface area contributed by atoms with Gasteiger partial charge in [0, 0.05) is 10.6 Å². The van der Waals surface area contributed by atoms with Crippen LogP contribution < -0.4 is 0 Å². The summed E-state index contributed by atoms with van der Waals surface area (Å²) in [6, 6.07) is 8.69. The Labute approximate surface area is 110 Å². The molecule has 0 N–H and O–H groups in total. The summed E-state index contributed by atoms with van der Waals surface area (Å²) in [5, 5.41) is 12.2. The highest BCUT2D eigenvalue weighted by atomic mass is 16.5. The molecule has 1 rings (SSSR count). The zero-order chi connectivity index (χ0) is 14.1. The van der Waals surface area contributed by atoms with Crippen molar-refractivity contribution in [2.24, 2.45) is 5.11 Å². The molecule has 6 heteroatoms. The minimum Gasteiger partial charge on any atom is -0.463 e. The number of carbonyl (C=O) groups excluding carboxylic acids is 1. The second-order valence-corrected chi connectivity index (χ2v) is 3.47. The lowest BCUT2D eigenvalue weighted by atomic mass is 10.1. The first-order valence-electron chi connectivity index (χ1n) is 5.61. The van der Waals surface area contributed by atoms with Crippen LogP contribution in [0.4, 0.5) is 5.69 Å². The van der Waals surface area contributed by atoms with Gasteiger partial charge in [-0.05, 0) is 24.1 Å². The van der Waals surface area contributed by atoms with Gasteiger partial charge in [0.15, 0.2) is 0 Å². The highest BCUT2D eigenvalue weighted by Gasteiger charge is 2.11. The van der Waals surface area contributed by atoms with Gasteiger partial charge in [0.05, 0.1) is 24.7 Å². The summed E-state index contributed by atoms with van der Waals surface area (Å²) in [4.78, 5) is 14.4. The number of nitriles is 1. The van der Waals surface area contributed by atoms with Crippen LogP contribution in [0.1, 0.15) is 18.9 Å². The Balaban J connectivity index is 3.19. The number of ether oxygens (including phenoxy) is 1. The van der Waals surface area contributed by atoms with Crippen molar-refractivity contribution in [1.82, 2.24) is 0 Å². The van der Waals surface area contributed by atoms with Gasteiger partial charge < -0.3 is 4.74 Å². The third-order valence-electron chi connectivity index (χ3n) is 2.23. The van der Waals surface area contributed by atoms with Crippen LogP contribution in [0.5, 0.6) is 0 Å². The topological polar surface area (TPSA) is 98.8 Å². The molecule has 19 heavy (non-hydrogen) atoms. The highest BCUT2D eigenvalue weighted by Crippen LogP contribution is 2.22. The number of benzene rings is 1. The number of nitrogens with zero attached hydrogens (tertiary/aromatic N) is 4. The maximum Gasteiger partial charge on any atom is 0.335 e. The van der Waals surface area contributed by atoms with Gasteiger partial charge in [0.1, 0.15) is 0 Å². The van der Waals surface area contributed by atoms with E-state index in [0.717, 1.165) is 0 Å². The van der Waals surface area contributed by atoms with Crippen LogP contribution in [0.3, 0.4) is 0 Å². The van der Waals surface area contributed by atoms with E-state index in [4.69, 9.17) is 15.5 Å². The molecule has 0 aliphatic heterocycles. The third kappa shape index (κ3) is 4.19. The van der Waals surface area contributed by atoms with Crippen LogP contribution in [0.25, 0.3) is 16.5 Å². The van der Waals surface area contributed by atoms with Gasteiger partial charge in [0.25, 0.3) is 0 Å². The summed E-state index contributed by atoms with van der Waals surface area (Å²) in [6.07, 6.45) is 1.44. The Morgan fingerprint density at radius 3 is 2.95 bits per heavy atom. The molecule has 0 heterocycles. The molecule has 0 amide bonds. The molecule has 0 saturated heterocycles. The van der Waals surface area contributed by atoms with E-state index >= 15 is 0 Å².